The highest BCUT2D eigenvalue weighted by molar-refractivity contribution is 5.70. The molecule has 5 nitrogen and oxygen atoms in total. The van der Waals surface area contributed by atoms with E-state index in [2.05, 4.69) is 111 Å². The summed E-state index contributed by atoms with van der Waals surface area (Å²) >= 11 is 0. The highest BCUT2D eigenvalue weighted by atomic mass is 16.6. The van der Waals surface area contributed by atoms with E-state index in [0.29, 0.717) is 12.8 Å². The number of rotatable bonds is 59. The largest absolute Gasteiger partial charge is 0.462 e. The van der Waals surface area contributed by atoms with Crippen LogP contribution in [0.15, 0.2) is 97.2 Å². The van der Waals surface area contributed by atoms with Crippen LogP contribution in [0.2, 0.25) is 0 Å². The molecule has 0 aromatic heterocycles. The fourth-order valence-electron chi connectivity index (χ4n) is 9.34. The molecule has 0 rings (SSSR count). The molecule has 432 valence electrons. The number of ether oxygens (including phenoxy) is 2. The Bertz CT molecular complexity index is 1410. The summed E-state index contributed by atoms with van der Waals surface area (Å²) in [7, 11) is 0. The van der Waals surface area contributed by atoms with E-state index in [1.54, 1.807) is 0 Å². The van der Waals surface area contributed by atoms with Gasteiger partial charge in [0.15, 0.2) is 6.10 Å². The Labute approximate surface area is 466 Å². The van der Waals surface area contributed by atoms with E-state index in [9.17, 15) is 14.7 Å². The molecular formula is C70H122O5. The van der Waals surface area contributed by atoms with Gasteiger partial charge in [0.1, 0.15) is 6.61 Å². The quantitative estimate of drug-likeness (QED) is 0.0373. The van der Waals surface area contributed by atoms with Gasteiger partial charge in [0, 0.05) is 12.8 Å². The topological polar surface area (TPSA) is 72.8 Å². The standard InChI is InChI=1S/C70H122O5/c1-3-5-7-9-11-13-15-17-19-21-23-25-27-29-30-31-32-33-34-35-36-37-38-39-40-41-43-45-47-49-51-53-55-57-59-61-63-65-70(73)75-68(66-71)67-74-69(72)64-62-60-58-56-54-52-50-48-46-44-42-28-26-24-22-20-18-16-14-12-10-8-6-4-2/h5,7,11,13,17,19,23,25,29-30,32-33,35-36,38-39,68,71H,3-4,6,8-10,12,14-16,18,20-22,24,26-28,31,34,37,40-67H2,1-2H3/b7-5-,13-11-,19-17-,25-23-,30-29-,33-32-,36-35-,39-38-. The molecule has 0 aliphatic carbocycles. The van der Waals surface area contributed by atoms with Gasteiger partial charge in [0.25, 0.3) is 0 Å². The SMILES string of the molecule is CC/C=C\C/C=C\C/C=C\C/C=C\C/C=C\C/C=C\C/C=C\C/C=C\CCCCCCCCCCCCCCC(=O)OC(CO)COC(=O)CCCCCCCCCCCCCCCCCCCCCCCCCC. The Morgan fingerprint density at radius 2 is 0.573 bits per heavy atom. The van der Waals surface area contributed by atoms with Gasteiger partial charge in [-0.1, -0.05) is 323 Å². The number of aliphatic hydroxyl groups excluding tert-OH is 1. The van der Waals surface area contributed by atoms with Gasteiger partial charge in [0.2, 0.25) is 0 Å². The van der Waals surface area contributed by atoms with E-state index in [1.165, 1.54) is 199 Å². The Morgan fingerprint density at radius 1 is 0.320 bits per heavy atom. The molecule has 75 heavy (non-hydrogen) atoms. The number of carbonyl (C=O) groups is 2. The molecule has 0 spiro atoms. The third kappa shape index (κ3) is 63.3. The lowest BCUT2D eigenvalue weighted by atomic mass is 10.0. The lowest BCUT2D eigenvalue weighted by molar-refractivity contribution is -0.161. The molecule has 0 radical (unpaired) electrons. The third-order valence-corrected chi connectivity index (χ3v) is 14.1. The first kappa shape index (κ1) is 71.8. The average molecular weight is 1040 g/mol. The van der Waals surface area contributed by atoms with Crippen LogP contribution in [0.1, 0.15) is 316 Å². The predicted octanol–water partition coefficient (Wildman–Crippen LogP) is 22.3. The van der Waals surface area contributed by atoms with Gasteiger partial charge in [-0.25, -0.2) is 0 Å². The number of hydrogen-bond donors (Lipinski definition) is 1. The molecule has 0 saturated carbocycles. The number of allylic oxidation sites excluding steroid dienone is 16. The molecule has 0 heterocycles. The van der Waals surface area contributed by atoms with Gasteiger partial charge in [0.05, 0.1) is 6.61 Å². The van der Waals surface area contributed by atoms with Crippen LogP contribution in [-0.4, -0.2) is 36.4 Å². The summed E-state index contributed by atoms with van der Waals surface area (Å²) in [6.07, 6.45) is 92.7. The molecule has 0 aromatic carbocycles. The van der Waals surface area contributed by atoms with E-state index in [1.807, 2.05) is 0 Å². The summed E-state index contributed by atoms with van der Waals surface area (Å²) in [5.41, 5.74) is 0. The van der Waals surface area contributed by atoms with Crippen molar-refractivity contribution in [1.82, 2.24) is 0 Å². The van der Waals surface area contributed by atoms with Crippen molar-refractivity contribution in [3.63, 3.8) is 0 Å². The second-order valence-corrected chi connectivity index (χ2v) is 21.5. The minimum Gasteiger partial charge on any atom is -0.462 e. The number of esters is 2. The first-order chi connectivity index (χ1) is 37.1. The van der Waals surface area contributed by atoms with E-state index in [-0.39, 0.29) is 25.2 Å². The van der Waals surface area contributed by atoms with Gasteiger partial charge < -0.3 is 14.6 Å². The normalized spacial score (nSPS) is 12.8. The second-order valence-electron chi connectivity index (χ2n) is 21.5. The maximum Gasteiger partial charge on any atom is 0.306 e. The fraction of sp³-hybridized carbons (Fsp3) is 0.743. The molecule has 0 saturated heterocycles. The number of unbranched alkanes of at least 4 members (excludes halogenated alkanes) is 35. The zero-order valence-corrected chi connectivity index (χ0v) is 49.5. The van der Waals surface area contributed by atoms with E-state index < -0.39 is 6.10 Å². The Kier molecular flexibility index (Phi) is 62.3. The molecule has 5 heteroatoms. The molecule has 0 aliphatic rings. The van der Waals surface area contributed by atoms with Crippen molar-refractivity contribution in [2.45, 2.75) is 322 Å². The van der Waals surface area contributed by atoms with Gasteiger partial charge in [-0.3, -0.25) is 9.59 Å². The van der Waals surface area contributed by atoms with Crippen molar-refractivity contribution in [3.05, 3.63) is 97.2 Å². The fourth-order valence-corrected chi connectivity index (χ4v) is 9.34. The van der Waals surface area contributed by atoms with Crippen LogP contribution in [0.4, 0.5) is 0 Å². The lowest BCUT2D eigenvalue weighted by Gasteiger charge is -2.15. The van der Waals surface area contributed by atoms with Gasteiger partial charge in [-0.05, 0) is 77.0 Å². The minimum atomic E-state index is -0.777. The highest BCUT2D eigenvalue weighted by Gasteiger charge is 2.16. The lowest BCUT2D eigenvalue weighted by Crippen LogP contribution is -2.28. The molecule has 0 aromatic rings. The van der Waals surface area contributed by atoms with Crippen molar-refractivity contribution in [2.24, 2.45) is 0 Å². The number of carbonyl (C=O) groups excluding carboxylic acids is 2. The van der Waals surface area contributed by atoms with Gasteiger partial charge in [-0.2, -0.15) is 0 Å². The summed E-state index contributed by atoms with van der Waals surface area (Å²) in [6, 6.07) is 0. The molecule has 1 atom stereocenters. The Balaban J connectivity index is 3.50. The van der Waals surface area contributed by atoms with Crippen molar-refractivity contribution < 1.29 is 24.2 Å². The zero-order valence-electron chi connectivity index (χ0n) is 49.5. The van der Waals surface area contributed by atoms with Crippen LogP contribution >= 0.6 is 0 Å². The van der Waals surface area contributed by atoms with Crippen LogP contribution in [-0.2, 0) is 19.1 Å². The van der Waals surface area contributed by atoms with Crippen LogP contribution in [0.25, 0.3) is 0 Å². The summed E-state index contributed by atoms with van der Waals surface area (Å²) in [4.78, 5) is 24.6. The first-order valence-corrected chi connectivity index (χ1v) is 32.3. The molecule has 1 N–H and O–H groups in total. The van der Waals surface area contributed by atoms with E-state index >= 15 is 0 Å². The molecule has 0 fully saturated rings. The zero-order chi connectivity index (χ0) is 54.1. The van der Waals surface area contributed by atoms with Crippen molar-refractivity contribution >= 4 is 11.9 Å². The van der Waals surface area contributed by atoms with Crippen molar-refractivity contribution in [3.8, 4) is 0 Å². The molecule has 1 unspecified atom stereocenters. The summed E-state index contributed by atoms with van der Waals surface area (Å²) < 4.78 is 10.7. The van der Waals surface area contributed by atoms with Crippen LogP contribution in [0, 0.1) is 0 Å². The number of aliphatic hydroxyl groups is 1. The predicted molar refractivity (Wildman–Crippen MR) is 329 cm³/mol. The summed E-state index contributed by atoms with van der Waals surface area (Å²) in [5, 5.41) is 9.68. The first-order valence-electron chi connectivity index (χ1n) is 32.3. The highest BCUT2D eigenvalue weighted by Crippen LogP contribution is 2.17. The molecule has 0 amide bonds. The van der Waals surface area contributed by atoms with Crippen LogP contribution in [0.3, 0.4) is 0 Å². The maximum atomic E-state index is 12.3. The molecular weight excluding hydrogens is 921 g/mol. The van der Waals surface area contributed by atoms with E-state index in [4.69, 9.17) is 9.47 Å². The van der Waals surface area contributed by atoms with Gasteiger partial charge in [-0.15, -0.1) is 0 Å². The minimum absolute atomic E-state index is 0.0659. The third-order valence-electron chi connectivity index (χ3n) is 14.1. The van der Waals surface area contributed by atoms with Gasteiger partial charge >= 0.3 is 11.9 Å². The van der Waals surface area contributed by atoms with Crippen molar-refractivity contribution in [2.75, 3.05) is 13.2 Å². The van der Waals surface area contributed by atoms with E-state index in [0.717, 1.165) is 89.9 Å². The number of hydrogen-bond acceptors (Lipinski definition) is 5. The van der Waals surface area contributed by atoms with Crippen LogP contribution < -0.4 is 0 Å². The maximum absolute atomic E-state index is 12.3. The smallest absolute Gasteiger partial charge is 0.306 e. The van der Waals surface area contributed by atoms with Crippen LogP contribution in [0.5, 0.6) is 0 Å². The van der Waals surface area contributed by atoms with Crippen molar-refractivity contribution in [1.29, 1.82) is 0 Å². The molecule has 0 aliphatic heterocycles. The summed E-state index contributed by atoms with van der Waals surface area (Å²) in [6.45, 7) is 4.06. The Hall–Kier alpha value is -3.18. The average Bonchev–Trinajstić information content (AvgIpc) is 3.41. The Morgan fingerprint density at radius 3 is 0.867 bits per heavy atom. The summed E-state index contributed by atoms with van der Waals surface area (Å²) in [5.74, 6) is -0.581. The second kappa shape index (κ2) is 65.1. The monoisotopic (exact) mass is 1040 g/mol. The molecule has 0 bridgehead atoms.